The second-order valence-corrected chi connectivity index (χ2v) is 8.41. The summed E-state index contributed by atoms with van der Waals surface area (Å²) >= 11 is 0. The first-order valence-electron chi connectivity index (χ1n) is 7.78. The average Bonchev–Trinajstić information content (AvgIpc) is 2.29. The Hall–Kier alpha value is -0.900. The molecule has 0 aromatic heterocycles. The lowest BCUT2D eigenvalue weighted by Gasteiger charge is -2.31. The van der Waals surface area contributed by atoms with Crippen LogP contribution in [0.1, 0.15) is 33.4 Å². The molecule has 2 N–H and O–H groups in total. The van der Waals surface area contributed by atoms with Gasteiger partial charge in [0, 0.05) is 17.7 Å². The van der Waals surface area contributed by atoms with E-state index in [-0.39, 0.29) is 0 Å². The van der Waals surface area contributed by atoms with Crippen LogP contribution in [0.25, 0.3) is 0 Å². The number of nitrogens with two attached hydrogens (primary N) is 1. The van der Waals surface area contributed by atoms with E-state index >= 15 is 0 Å². The van der Waals surface area contributed by atoms with Gasteiger partial charge in [-0.15, -0.1) is 0 Å². The quantitative estimate of drug-likeness (QED) is 0.829. The maximum Gasteiger partial charge on any atom is 0.104 e. The Morgan fingerprint density at radius 1 is 0.619 bits per heavy atom. The predicted octanol–water partition coefficient (Wildman–Crippen LogP) is 2.48. The Kier molecular flexibility index (Phi) is 5.25. The summed E-state index contributed by atoms with van der Waals surface area (Å²) < 4.78 is 1.89. The molecule has 21 heavy (non-hydrogen) atoms. The third kappa shape index (κ3) is 4.53. The van der Waals surface area contributed by atoms with Crippen LogP contribution in [-0.4, -0.2) is 51.3 Å². The van der Waals surface area contributed by atoms with Crippen LogP contribution in [0.2, 0.25) is 0 Å². The van der Waals surface area contributed by atoms with Crippen molar-refractivity contribution in [2.75, 3.05) is 42.3 Å². The van der Waals surface area contributed by atoms with Gasteiger partial charge in [-0.3, -0.25) is 0 Å². The van der Waals surface area contributed by atoms with Gasteiger partial charge < -0.3 is 14.7 Å². The highest BCUT2D eigenvalue weighted by molar-refractivity contribution is 5.50. The normalized spacial score (nSPS) is 12.9. The molecule has 1 rings (SSSR count). The summed E-state index contributed by atoms with van der Waals surface area (Å²) in [7, 11) is 13.5. The minimum Gasteiger partial charge on any atom is -0.327 e. The lowest BCUT2D eigenvalue weighted by molar-refractivity contribution is -0.884. The van der Waals surface area contributed by atoms with Gasteiger partial charge in [-0.25, -0.2) is 0 Å². The van der Waals surface area contributed by atoms with Crippen LogP contribution in [0.5, 0.6) is 0 Å². The zero-order valence-electron chi connectivity index (χ0n) is 15.6. The number of nitrogens with zero attached hydrogens (tertiary/aromatic N) is 2. The lowest BCUT2D eigenvalue weighted by Crippen LogP contribution is -2.36. The number of rotatable bonds is 5. The summed E-state index contributed by atoms with van der Waals surface area (Å²) in [6, 6.07) is 0. The number of benzene rings is 1. The van der Waals surface area contributed by atoms with Crippen LogP contribution in [0.3, 0.4) is 0 Å². The van der Waals surface area contributed by atoms with Crippen molar-refractivity contribution in [1.29, 1.82) is 0 Å². The Labute approximate surface area is 131 Å². The Morgan fingerprint density at radius 2 is 0.905 bits per heavy atom. The Morgan fingerprint density at radius 3 is 1.14 bits per heavy atom. The number of hydrogen-bond donors (Lipinski definition) is 1. The van der Waals surface area contributed by atoms with Gasteiger partial charge in [-0.05, 0) is 43.0 Å². The molecule has 0 spiro atoms. The van der Waals surface area contributed by atoms with Gasteiger partial charge in [0.05, 0.1) is 42.3 Å². The van der Waals surface area contributed by atoms with Gasteiger partial charge in [0.1, 0.15) is 13.1 Å². The molecule has 0 aliphatic heterocycles. The molecule has 3 heteroatoms. The van der Waals surface area contributed by atoms with E-state index in [1.54, 1.807) is 0 Å². The maximum absolute atomic E-state index is 6.06. The van der Waals surface area contributed by atoms with E-state index < -0.39 is 0 Å². The van der Waals surface area contributed by atoms with E-state index in [0.29, 0.717) is 6.54 Å². The van der Waals surface area contributed by atoms with Gasteiger partial charge in [-0.2, -0.15) is 0 Å². The molecule has 0 aliphatic rings. The number of hydrogen-bond acceptors (Lipinski definition) is 1. The van der Waals surface area contributed by atoms with E-state index in [1.165, 1.54) is 33.4 Å². The van der Waals surface area contributed by atoms with Crippen molar-refractivity contribution in [2.24, 2.45) is 5.73 Å². The van der Waals surface area contributed by atoms with E-state index in [9.17, 15) is 0 Å². The molecule has 0 bridgehead atoms. The van der Waals surface area contributed by atoms with E-state index in [2.05, 4.69) is 63.1 Å². The zero-order chi connectivity index (χ0) is 16.6. The topological polar surface area (TPSA) is 26.0 Å². The van der Waals surface area contributed by atoms with E-state index in [1.807, 2.05) is 0 Å². The van der Waals surface area contributed by atoms with Crippen LogP contribution in [-0.2, 0) is 19.6 Å². The molecular formula is C18H35N3+2. The van der Waals surface area contributed by atoms with E-state index in [0.717, 1.165) is 22.1 Å². The predicted molar refractivity (Wildman–Crippen MR) is 92.0 cm³/mol. The van der Waals surface area contributed by atoms with Gasteiger partial charge in [0.15, 0.2) is 0 Å². The molecule has 0 aliphatic carbocycles. The molecule has 0 atom stereocenters. The van der Waals surface area contributed by atoms with Crippen molar-refractivity contribution >= 4 is 0 Å². The third-order valence-electron chi connectivity index (χ3n) is 4.19. The smallest absolute Gasteiger partial charge is 0.104 e. The molecule has 0 fully saturated rings. The molecule has 0 heterocycles. The first kappa shape index (κ1) is 18.1. The standard InChI is InChI=1S/C18H35N3/c1-13-16(10-19)14(2)18(12-21(7,8)9)15(3)17(13)11-20(4,5)6/h10-12,19H2,1-9H3/q+2. The molecule has 0 unspecified atom stereocenters. The van der Waals surface area contributed by atoms with E-state index in [4.69, 9.17) is 5.73 Å². The van der Waals surface area contributed by atoms with Crippen molar-refractivity contribution in [2.45, 2.75) is 40.4 Å². The monoisotopic (exact) mass is 293 g/mol. The first-order chi connectivity index (χ1) is 9.37. The minimum atomic E-state index is 0.631. The molecule has 120 valence electrons. The Bertz CT molecular complexity index is 474. The van der Waals surface area contributed by atoms with Crippen molar-refractivity contribution in [3.63, 3.8) is 0 Å². The highest BCUT2D eigenvalue weighted by Gasteiger charge is 2.23. The van der Waals surface area contributed by atoms with Gasteiger partial charge in [-0.1, -0.05) is 0 Å². The molecular weight excluding hydrogens is 258 g/mol. The minimum absolute atomic E-state index is 0.631. The van der Waals surface area contributed by atoms with Crippen LogP contribution in [0.15, 0.2) is 0 Å². The van der Waals surface area contributed by atoms with Crippen molar-refractivity contribution in [1.82, 2.24) is 0 Å². The summed E-state index contributed by atoms with van der Waals surface area (Å²) in [6.45, 7) is 9.50. The molecule has 0 radical (unpaired) electrons. The van der Waals surface area contributed by atoms with Crippen molar-refractivity contribution < 1.29 is 8.97 Å². The maximum atomic E-state index is 6.06. The van der Waals surface area contributed by atoms with Crippen LogP contribution in [0, 0.1) is 20.8 Å². The summed E-state index contributed by atoms with van der Waals surface area (Å²) in [4.78, 5) is 0. The lowest BCUT2D eigenvalue weighted by atomic mass is 9.87. The highest BCUT2D eigenvalue weighted by Crippen LogP contribution is 2.30. The molecule has 3 nitrogen and oxygen atoms in total. The molecule has 0 saturated carbocycles. The fourth-order valence-corrected chi connectivity index (χ4v) is 3.12. The molecule has 0 saturated heterocycles. The fourth-order valence-electron chi connectivity index (χ4n) is 3.12. The van der Waals surface area contributed by atoms with Gasteiger partial charge in [0.2, 0.25) is 0 Å². The van der Waals surface area contributed by atoms with Gasteiger partial charge in [0.25, 0.3) is 0 Å². The molecule has 1 aromatic carbocycles. The largest absolute Gasteiger partial charge is 0.327 e. The first-order valence-corrected chi connectivity index (χ1v) is 7.78. The van der Waals surface area contributed by atoms with Crippen LogP contribution < -0.4 is 5.73 Å². The average molecular weight is 293 g/mol. The second-order valence-electron chi connectivity index (χ2n) is 8.41. The van der Waals surface area contributed by atoms with Gasteiger partial charge >= 0.3 is 0 Å². The molecule has 0 amide bonds. The summed E-state index contributed by atoms with van der Waals surface area (Å²) in [6.07, 6.45) is 0. The summed E-state index contributed by atoms with van der Waals surface area (Å²) in [5, 5.41) is 0. The SMILES string of the molecule is Cc1c(CN)c(C)c(C[N+](C)(C)C)c(C)c1C[N+](C)(C)C. The van der Waals surface area contributed by atoms with Crippen molar-refractivity contribution in [3.05, 3.63) is 33.4 Å². The van der Waals surface area contributed by atoms with Crippen molar-refractivity contribution in [3.8, 4) is 0 Å². The van der Waals surface area contributed by atoms with Crippen LogP contribution in [0.4, 0.5) is 0 Å². The third-order valence-corrected chi connectivity index (χ3v) is 4.19. The zero-order valence-corrected chi connectivity index (χ0v) is 15.6. The Balaban J connectivity index is 3.54. The second kappa shape index (κ2) is 6.07. The highest BCUT2D eigenvalue weighted by atomic mass is 15.3. The summed E-state index contributed by atoms with van der Waals surface area (Å²) in [5.41, 5.74) is 14.6. The fraction of sp³-hybridized carbons (Fsp3) is 0.667. The summed E-state index contributed by atoms with van der Waals surface area (Å²) in [5.74, 6) is 0. The van der Waals surface area contributed by atoms with Crippen LogP contribution >= 0.6 is 0 Å². The number of quaternary nitrogens is 2. The molecule has 1 aromatic rings.